The Morgan fingerprint density at radius 1 is 1.33 bits per heavy atom. The second-order valence-corrected chi connectivity index (χ2v) is 5.43. The fourth-order valence-corrected chi connectivity index (χ4v) is 2.83. The summed E-state index contributed by atoms with van der Waals surface area (Å²) in [4.78, 5) is 12.0. The van der Waals surface area contributed by atoms with Crippen LogP contribution in [0, 0.1) is 0 Å². The zero-order valence-corrected chi connectivity index (χ0v) is 10.6. The molecule has 3 nitrogen and oxygen atoms in total. The normalized spacial score (nSPS) is 23.0. The van der Waals surface area contributed by atoms with Crippen LogP contribution in [-0.2, 0) is 11.3 Å². The van der Waals surface area contributed by atoms with E-state index in [0.29, 0.717) is 18.4 Å². The largest absolute Gasteiger partial charge is 0.353 e. The standard InChI is InChI=1S/C15H20N2O/c18-15(17-13-5-3-6-13)8-12-10-16-9-11-4-1-2-7-14(11)12/h1-2,4,7,12-13,16H,3,5-6,8-10H2,(H,17,18). The van der Waals surface area contributed by atoms with Crippen LogP contribution in [0.15, 0.2) is 24.3 Å². The minimum atomic E-state index is 0.211. The van der Waals surface area contributed by atoms with Crippen molar-refractivity contribution < 1.29 is 4.79 Å². The summed E-state index contributed by atoms with van der Waals surface area (Å²) in [5, 5.41) is 6.53. The molecule has 0 bridgehead atoms. The number of nitrogens with one attached hydrogen (secondary N) is 2. The van der Waals surface area contributed by atoms with Crippen LogP contribution >= 0.6 is 0 Å². The summed E-state index contributed by atoms with van der Waals surface area (Å²) in [7, 11) is 0. The van der Waals surface area contributed by atoms with E-state index >= 15 is 0 Å². The van der Waals surface area contributed by atoms with Crippen LogP contribution < -0.4 is 10.6 Å². The maximum Gasteiger partial charge on any atom is 0.220 e. The minimum Gasteiger partial charge on any atom is -0.353 e. The van der Waals surface area contributed by atoms with Gasteiger partial charge in [-0.25, -0.2) is 0 Å². The molecule has 1 fully saturated rings. The van der Waals surface area contributed by atoms with Gasteiger partial charge in [-0.1, -0.05) is 24.3 Å². The van der Waals surface area contributed by atoms with Crippen LogP contribution in [-0.4, -0.2) is 18.5 Å². The third-order valence-corrected chi connectivity index (χ3v) is 4.10. The van der Waals surface area contributed by atoms with Crippen molar-refractivity contribution in [1.29, 1.82) is 0 Å². The van der Waals surface area contributed by atoms with E-state index in [0.717, 1.165) is 25.9 Å². The molecule has 0 spiro atoms. The van der Waals surface area contributed by atoms with Crippen LogP contribution in [0.3, 0.4) is 0 Å². The highest BCUT2D eigenvalue weighted by atomic mass is 16.1. The number of fused-ring (bicyclic) bond motifs is 1. The second-order valence-electron chi connectivity index (χ2n) is 5.43. The Labute approximate surface area is 108 Å². The fourth-order valence-electron chi connectivity index (χ4n) is 2.83. The molecular weight excluding hydrogens is 224 g/mol. The molecule has 1 atom stereocenters. The number of carbonyl (C=O) groups excluding carboxylic acids is 1. The summed E-state index contributed by atoms with van der Waals surface area (Å²) in [6.45, 7) is 1.84. The Bertz CT molecular complexity index is 440. The predicted octanol–water partition coefficient (Wildman–Crippen LogP) is 1.93. The van der Waals surface area contributed by atoms with Gasteiger partial charge in [0.15, 0.2) is 0 Å². The van der Waals surface area contributed by atoms with Crippen LogP contribution in [0.2, 0.25) is 0 Å². The molecule has 18 heavy (non-hydrogen) atoms. The van der Waals surface area contributed by atoms with E-state index in [4.69, 9.17) is 0 Å². The molecule has 1 aromatic carbocycles. The lowest BCUT2D eigenvalue weighted by Gasteiger charge is -2.29. The molecule has 2 aliphatic rings. The quantitative estimate of drug-likeness (QED) is 0.853. The van der Waals surface area contributed by atoms with E-state index in [1.165, 1.54) is 17.5 Å². The molecule has 0 radical (unpaired) electrons. The first kappa shape index (κ1) is 11.7. The van der Waals surface area contributed by atoms with Gasteiger partial charge in [-0.05, 0) is 30.4 Å². The summed E-state index contributed by atoms with van der Waals surface area (Å²) in [6, 6.07) is 8.90. The number of rotatable bonds is 3. The number of hydrogen-bond donors (Lipinski definition) is 2. The van der Waals surface area contributed by atoms with E-state index in [1.807, 2.05) is 0 Å². The summed E-state index contributed by atoms with van der Waals surface area (Å²) in [5.41, 5.74) is 2.69. The Hall–Kier alpha value is -1.35. The van der Waals surface area contributed by atoms with Crippen LogP contribution in [0.5, 0.6) is 0 Å². The molecule has 1 aliphatic heterocycles. The SMILES string of the molecule is O=C(CC1CNCc2ccccc21)NC1CCC1. The van der Waals surface area contributed by atoms with Gasteiger partial charge in [0, 0.05) is 31.5 Å². The molecule has 1 aliphatic carbocycles. The molecule has 1 aromatic rings. The summed E-state index contributed by atoms with van der Waals surface area (Å²) in [5.74, 6) is 0.540. The highest BCUT2D eigenvalue weighted by molar-refractivity contribution is 5.77. The molecule has 3 heteroatoms. The first-order chi connectivity index (χ1) is 8.83. The van der Waals surface area contributed by atoms with Crippen molar-refractivity contribution in [3.63, 3.8) is 0 Å². The lowest BCUT2D eigenvalue weighted by atomic mass is 9.87. The molecular formula is C15H20N2O. The summed E-state index contributed by atoms with van der Waals surface area (Å²) >= 11 is 0. The van der Waals surface area contributed by atoms with Crippen molar-refractivity contribution in [2.45, 2.75) is 44.2 Å². The topological polar surface area (TPSA) is 41.1 Å². The van der Waals surface area contributed by atoms with Crippen LogP contribution in [0.4, 0.5) is 0 Å². The fraction of sp³-hybridized carbons (Fsp3) is 0.533. The average Bonchev–Trinajstić information content (AvgIpc) is 2.34. The lowest BCUT2D eigenvalue weighted by molar-refractivity contribution is -0.122. The molecule has 0 aromatic heterocycles. The van der Waals surface area contributed by atoms with Gasteiger partial charge in [-0.3, -0.25) is 4.79 Å². The van der Waals surface area contributed by atoms with E-state index in [1.54, 1.807) is 0 Å². The Kier molecular flexibility index (Phi) is 3.33. The number of benzene rings is 1. The van der Waals surface area contributed by atoms with Crippen LogP contribution in [0.1, 0.15) is 42.7 Å². The average molecular weight is 244 g/mol. The molecule has 2 N–H and O–H groups in total. The monoisotopic (exact) mass is 244 g/mol. The molecule has 96 valence electrons. The van der Waals surface area contributed by atoms with E-state index in [9.17, 15) is 4.79 Å². The Morgan fingerprint density at radius 3 is 2.94 bits per heavy atom. The lowest BCUT2D eigenvalue weighted by Crippen LogP contribution is -2.41. The molecule has 0 saturated heterocycles. The van der Waals surface area contributed by atoms with Gasteiger partial charge in [0.05, 0.1) is 0 Å². The van der Waals surface area contributed by atoms with Crippen molar-refractivity contribution in [1.82, 2.24) is 10.6 Å². The molecule has 1 heterocycles. The molecule has 1 amide bonds. The summed E-state index contributed by atoms with van der Waals surface area (Å²) < 4.78 is 0. The van der Waals surface area contributed by atoms with E-state index in [-0.39, 0.29) is 5.91 Å². The zero-order chi connectivity index (χ0) is 12.4. The van der Waals surface area contributed by atoms with Gasteiger partial charge in [0.1, 0.15) is 0 Å². The van der Waals surface area contributed by atoms with Crippen molar-refractivity contribution >= 4 is 5.91 Å². The second kappa shape index (κ2) is 5.11. The highest BCUT2D eigenvalue weighted by Gasteiger charge is 2.24. The predicted molar refractivity (Wildman–Crippen MR) is 71.3 cm³/mol. The van der Waals surface area contributed by atoms with Gasteiger partial charge in [-0.15, -0.1) is 0 Å². The van der Waals surface area contributed by atoms with Crippen molar-refractivity contribution in [3.05, 3.63) is 35.4 Å². The Morgan fingerprint density at radius 2 is 2.17 bits per heavy atom. The van der Waals surface area contributed by atoms with Gasteiger partial charge < -0.3 is 10.6 Å². The van der Waals surface area contributed by atoms with Crippen molar-refractivity contribution in [3.8, 4) is 0 Å². The highest BCUT2D eigenvalue weighted by Crippen LogP contribution is 2.27. The maximum absolute atomic E-state index is 12.0. The van der Waals surface area contributed by atoms with Gasteiger partial charge >= 0.3 is 0 Å². The summed E-state index contributed by atoms with van der Waals surface area (Å²) in [6.07, 6.45) is 4.19. The van der Waals surface area contributed by atoms with Crippen molar-refractivity contribution in [2.24, 2.45) is 0 Å². The smallest absolute Gasteiger partial charge is 0.220 e. The van der Waals surface area contributed by atoms with Crippen LogP contribution in [0.25, 0.3) is 0 Å². The third-order valence-electron chi connectivity index (χ3n) is 4.10. The van der Waals surface area contributed by atoms with Gasteiger partial charge in [0.2, 0.25) is 5.91 Å². The Balaban J connectivity index is 1.64. The molecule has 3 rings (SSSR count). The first-order valence-corrected chi connectivity index (χ1v) is 6.91. The number of hydrogen-bond acceptors (Lipinski definition) is 2. The van der Waals surface area contributed by atoms with Gasteiger partial charge in [-0.2, -0.15) is 0 Å². The maximum atomic E-state index is 12.0. The van der Waals surface area contributed by atoms with Gasteiger partial charge in [0.25, 0.3) is 0 Å². The van der Waals surface area contributed by atoms with Crippen molar-refractivity contribution in [2.75, 3.05) is 6.54 Å². The minimum absolute atomic E-state index is 0.211. The first-order valence-electron chi connectivity index (χ1n) is 6.91. The molecule has 1 unspecified atom stereocenters. The van der Waals surface area contributed by atoms with E-state index in [2.05, 4.69) is 34.9 Å². The zero-order valence-electron chi connectivity index (χ0n) is 10.6. The molecule has 1 saturated carbocycles. The van der Waals surface area contributed by atoms with E-state index < -0.39 is 0 Å². The third kappa shape index (κ3) is 2.41. The number of amides is 1. The number of carbonyl (C=O) groups is 1.